The summed E-state index contributed by atoms with van der Waals surface area (Å²) in [5.74, 6) is 1.07. The van der Waals surface area contributed by atoms with E-state index >= 15 is 0 Å². The molecule has 1 unspecified atom stereocenters. The van der Waals surface area contributed by atoms with Gasteiger partial charge in [-0.15, -0.1) is 0 Å². The monoisotopic (exact) mass is 243 g/mol. The molecule has 2 rings (SSSR count). The van der Waals surface area contributed by atoms with Crippen molar-refractivity contribution >= 4 is 15.8 Å². The highest BCUT2D eigenvalue weighted by atomic mass is 32.2. The van der Waals surface area contributed by atoms with Gasteiger partial charge >= 0.3 is 0 Å². The molecule has 0 spiro atoms. The lowest BCUT2D eigenvalue weighted by atomic mass is 10.2. The molecular weight excluding hydrogens is 226 g/mol. The Balaban J connectivity index is 2.00. The van der Waals surface area contributed by atoms with Crippen molar-refractivity contribution in [2.24, 2.45) is 7.05 Å². The van der Waals surface area contributed by atoms with Gasteiger partial charge in [0.25, 0.3) is 0 Å². The van der Waals surface area contributed by atoms with Gasteiger partial charge in [-0.25, -0.2) is 13.4 Å². The topological polar surface area (TPSA) is 64.0 Å². The van der Waals surface area contributed by atoms with Crippen molar-refractivity contribution in [1.29, 1.82) is 0 Å². The van der Waals surface area contributed by atoms with Crippen LogP contribution in [-0.4, -0.2) is 35.5 Å². The maximum atomic E-state index is 11.6. The minimum absolute atomic E-state index is 0.246. The summed E-state index contributed by atoms with van der Waals surface area (Å²) in [6.45, 7) is 2.38. The first-order valence-electron chi connectivity index (χ1n) is 5.44. The van der Waals surface area contributed by atoms with Crippen LogP contribution in [0.25, 0.3) is 0 Å². The van der Waals surface area contributed by atoms with E-state index in [0.717, 1.165) is 24.5 Å². The van der Waals surface area contributed by atoms with Crippen molar-refractivity contribution in [3.05, 3.63) is 11.9 Å². The molecular formula is C10H17N3O2S. The van der Waals surface area contributed by atoms with Crippen LogP contribution in [0.3, 0.4) is 0 Å². The SMILES string of the molecule is Cc1cn(C)c(NCC2CCCS2(=O)=O)n1. The van der Waals surface area contributed by atoms with Crippen molar-refractivity contribution in [2.75, 3.05) is 17.6 Å². The first-order valence-corrected chi connectivity index (χ1v) is 7.16. The Bertz CT molecular complexity index is 478. The van der Waals surface area contributed by atoms with Gasteiger partial charge in [0.2, 0.25) is 5.95 Å². The number of aryl methyl sites for hydroxylation is 2. The van der Waals surface area contributed by atoms with E-state index in [1.54, 1.807) is 0 Å². The number of aromatic nitrogens is 2. The predicted octanol–water partition coefficient (Wildman–Crippen LogP) is 0.718. The normalized spacial score (nSPS) is 23.5. The predicted molar refractivity (Wildman–Crippen MR) is 63.2 cm³/mol. The van der Waals surface area contributed by atoms with Gasteiger partial charge in [-0.1, -0.05) is 0 Å². The average Bonchev–Trinajstić information content (AvgIpc) is 2.66. The zero-order valence-corrected chi connectivity index (χ0v) is 10.4. The highest BCUT2D eigenvalue weighted by Crippen LogP contribution is 2.20. The number of rotatable bonds is 3. The Hall–Kier alpha value is -1.04. The van der Waals surface area contributed by atoms with Crippen LogP contribution in [0.5, 0.6) is 0 Å². The summed E-state index contributed by atoms with van der Waals surface area (Å²) < 4.78 is 25.1. The van der Waals surface area contributed by atoms with Crippen molar-refractivity contribution < 1.29 is 8.42 Å². The number of imidazole rings is 1. The molecule has 1 atom stereocenters. The summed E-state index contributed by atoms with van der Waals surface area (Å²) in [5, 5.41) is 2.86. The van der Waals surface area contributed by atoms with Crippen molar-refractivity contribution in [3.8, 4) is 0 Å². The third-order valence-electron chi connectivity index (χ3n) is 2.95. The molecule has 1 fully saturated rings. The fraction of sp³-hybridized carbons (Fsp3) is 0.700. The van der Waals surface area contributed by atoms with E-state index in [1.807, 2.05) is 24.7 Å². The maximum Gasteiger partial charge on any atom is 0.202 e. The lowest BCUT2D eigenvalue weighted by molar-refractivity contribution is 0.591. The van der Waals surface area contributed by atoms with Crippen LogP contribution in [0.2, 0.25) is 0 Å². The first kappa shape index (κ1) is 11.4. The lowest BCUT2D eigenvalue weighted by Gasteiger charge is -2.11. The molecule has 1 aliphatic rings. The Labute approximate surface area is 95.8 Å². The van der Waals surface area contributed by atoms with Gasteiger partial charge in [-0.3, -0.25) is 0 Å². The summed E-state index contributed by atoms with van der Waals surface area (Å²) in [5.41, 5.74) is 0.930. The maximum absolute atomic E-state index is 11.6. The summed E-state index contributed by atoms with van der Waals surface area (Å²) in [7, 11) is -0.968. The quantitative estimate of drug-likeness (QED) is 0.849. The van der Waals surface area contributed by atoms with Crippen molar-refractivity contribution in [2.45, 2.75) is 25.0 Å². The van der Waals surface area contributed by atoms with Crippen molar-refractivity contribution in [3.63, 3.8) is 0 Å². The second kappa shape index (κ2) is 4.08. The molecule has 1 aliphatic heterocycles. The van der Waals surface area contributed by atoms with Crippen LogP contribution < -0.4 is 5.32 Å². The second-order valence-electron chi connectivity index (χ2n) is 4.33. The fourth-order valence-electron chi connectivity index (χ4n) is 2.07. The number of nitrogens with one attached hydrogen (secondary N) is 1. The minimum atomic E-state index is -2.86. The van der Waals surface area contributed by atoms with Gasteiger partial charge in [0.1, 0.15) is 0 Å². The van der Waals surface area contributed by atoms with Gasteiger partial charge < -0.3 is 9.88 Å². The molecule has 90 valence electrons. The molecule has 6 heteroatoms. The number of hydrogen-bond acceptors (Lipinski definition) is 4. The van der Waals surface area contributed by atoms with E-state index < -0.39 is 9.84 Å². The average molecular weight is 243 g/mol. The number of nitrogens with zero attached hydrogens (tertiary/aromatic N) is 2. The number of sulfone groups is 1. The molecule has 0 amide bonds. The van der Waals surface area contributed by atoms with Crippen molar-refractivity contribution in [1.82, 2.24) is 9.55 Å². The van der Waals surface area contributed by atoms with Gasteiger partial charge in [0.05, 0.1) is 16.7 Å². The Kier molecular flexibility index (Phi) is 2.92. The largest absolute Gasteiger partial charge is 0.354 e. The second-order valence-corrected chi connectivity index (χ2v) is 6.73. The van der Waals surface area contributed by atoms with Gasteiger partial charge in [0, 0.05) is 19.8 Å². The molecule has 0 aromatic carbocycles. The van der Waals surface area contributed by atoms with E-state index in [4.69, 9.17) is 0 Å². The van der Waals surface area contributed by atoms with E-state index in [9.17, 15) is 8.42 Å². The molecule has 0 saturated carbocycles. The van der Waals surface area contributed by atoms with Crippen LogP contribution >= 0.6 is 0 Å². The summed E-state index contributed by atoms with van der Waals surface area (Å²) in [6, 6.07) is 0. The molecule has 0 bridgehead atoms. The highest BCUT2D eigenvalue weighted by Gasteiger charge is 2.31. The Morgan fingerprint density at radius 2 is 2.38 bits per heavy atom. The summed E-state index contributed by atoms with van der Waals surface area (Å²) >= 11 is 0. The Morgan fingerprint density at radius 1 is 1.62 bits per heavy atom. The summed E-state index contributed by atoms with van der Waals surface area (Å²) in [4.78, 5) is 4.28. The standard InChI is InChI=1S/C10H17N3O2S/c1-8-7-13(2)10(12-8)11-6-9-4-3-5-16(9,14)15/h7,9H,3-6H2,1-2H3,(H,11,12). The van der Waals surface area contributed by atoms with Crippen LogP contribution in [0.15, 0.2) is 6.20 Å². The molecule has 5 nitrogen and oxygen atoms in total. The van der Waals surface area contributed by atoms with E-state index in [2.05, 4.69) is 10.3 Å². The third-order valence-corrected chi connectivity index (χ3v) is 5.22. The first-order chi connectivity index (χ1) is 7.49. The van der Waals surface area contributed by atoms with Crippen LogP contribution in [0.4, 0.5) is 5.95 Å². The van der Waals surface area contributed by atoms with Crippen LogP contribution in [-0.2, 0) is 16.9 Å². The zero-order valence-electron chi connectivity index (χ0n) is 9.60. The summed E-state index contributed by atoms with van der Waals surface area (Å²) in [6.07, 6.45) is 3.46. The lowest BCUT2D eigenvalue weighted by Crippen LogP contribution is -2.25. The molecule has 0 aliphatic carbocycles. The number of hydrogen-bond donors (Lipinski definition) is 1. The molecule has 16 heavy (non-hydrogen) atoms. The molecule has 1 saturated heterocycles. The molecule has 1 N–H and O–H groups in total. The van der Waals surface area contributed by atoms with Gasteiger partial charge in [0.15, 0.2) is 9.84 Å². The molecule has 1 aromatic heterocycles. The smallest absolute Gasteiger partial charge is 0.202 e. The molecule has 1 aromatic rings. The third kappa shape index (κ3) is 2.21. The van der Waals surface area contributed by atoms with E-state index in [-0.39, 0.29) is 5.25 Å². The number of anilines is 1. The molecule has 0 radical (unpaired) electrons. The van der Waals surface area contributed by atoms with Crippen LogP contribution in [0.1, 0.15) is 18.5 Å². The van der Waals surface area contributed by atoms with Gasteiger partial charge in [-0.05, 0) is 19.8 Å². The molecule has 2 heterocycles. The Morgan fingerprint density at radius 3 is 2.88 bits per heavy atom. The van der Waals surface area contributed by atoms with E-state index in [0.29, 0.717) is 12.3 Å². The van der Waals surface area contributed by atoms with E-state index in [1.165, 1.54) is 0 Å². The van der Waals surface area contributed by atoms with Crippen LogP contribution in [0, 0.1) is 6.92 Å². The zero-order chi connectivity index (χ0) is 11.8. The van der Waals surface area contributed by atoms with Gasteiger partial charge in [-0.2, -0.15) is 0 Å². The fourth-order valence-corrected chi connectivity index (χ4v) is 3.84. The minimum Gasteiger partial charge on any atom is -0.354 e. The highest BCUT2D eigenvalue weighted by molar-refractivity contribution is 7.92.